The number of hydrogen-bond acceptors (Lipinski definition) is 4. The molecule has 0 spiro atoms. The fourth-order valence-corrected chi connectivity index (χ4v) is 4.29. The summed E-state index contributed by atoms with van der Waals surface area (Å²) in [7, 11) is -1.62. The number of likely N-dealkylation sites (N-methyl/N-ethyl adjacent to an activating group) is 1. The summed E-state index contributed by atoms with van der Waals surface area (Å²) >= 11 is 4.62. The van der Waals surface area contributed by atoms with Crippen LogP contribution in [0.5, 0.6) is 0 Å². The van der Waals surface area contributed by atoms with Crippen LogP contribution in [0.3, 0.4) is 0 Å². The van der Waals surface area contributed by atoms with Gasteiger partial charge in [-0.15, -0.1) is 11.3 Å². The molecule has 0 bridgehead atoms. The van der Waals surface area contributed by atoms with Gasteiger partial charge in [0.15, 0.2) is 0 Å². The van der Waals surface area contributed by atoms with Crippen molar-refractivity contribution in [1.29, 1.82) is 0 Å². The average Bonchev–Trinajstić information content (AvgIpc) is 2.88. The maximum absolute atomic E-state index is 12.2. The van der Waals surface area contributed by atoms with E-state index in [0.29, 0.717) is 9.90 Å². The Kier molecular flexibility index (Phi) is 5.20. The van der Waals surface area contributed by atoms with Gasteiger partial charge < -0.3 is 5.32 Å². The zero-order valence-electron chi connectivity index (χ0n) is 10.9. The van der Waals surface area contributed by atoms with Crippen LogP contribution in [0.25, 0.3) is 0 Å². The lowest BCUT2D eigenvalue weighted by Crippen LogP contribution is -2.11. The predicted molar refractivity (Wildman–Crippen MR) is 86.9 cm³/mol. The number of benzene rings is 1. The molecule has 2 aromatic rings. The van der Waals surface area contributed by atoms with Gasteiger partial charge in [-0.25, -0.2) is 8.42 Å². The molecule has 1 aromatic carbocycles. The van der Waals surface area contributed by atoms with Crippen molar-refractivity contribution in [1.82, 2.24) is 5.32 Å². The molecule has 0 radical (unpaired) electrons. The Labute approximate surface area is 131 Å². The van der Waals surface area contributed by atoms with Crippen molar-refractivity contribution in [3.63, 3.8) is 0 Å². The smallest absolute Gasteiger partial charge is 0.271 e. The first kappa shape index (κ1) is 15.5. The van der Waals surface area contributed by atoms with Crippen LogP contribution in [0.2, 0.25) is 0 Å². The number of rotatable bonds is 6. The molecule has 1 aromatic heterocycles. The van der Waals surface area contributed by atoms with Crippen LogP contribution in [0.1, 0.15) is 4.88 Å². The number of hydrogen-bond donors (Lipinski definition) is 2. The van der Waals surface area contributed by atoms with Gasteiger partial charge in [-0.05, 0) is 56.4 Å². The van der Waals surface area contributed by atoms with Gasteiger partial charge in [0.1, 0.15) is 4.21 Å². The highest BCUT2D eigenvalue weighted by Crippen LogP contribution is 2.25. The van der Waals surface area contributed by atoms with Crippen LogP contribution in [-0.4, -0.2) is 22.0 Å². The van der Waals surface area contributed by atoms with E-state index in [4.69, 9.17) is 0 Å². The number of sulfonamides is 1. The monoisotopic (exact) mass is 374 g/mol. The molecule has 7 heteroatoms. The minimum absolute atomic E-state index is 0.339. The van der Waals surface area contributed by atoms with Crippen molar-refractivity contribution < 1.29 is 8.42 Å². The number of thiophene rings is 1. The van der Waals surface area contributed by atoms with E-state index in [0.717, 1.165) is 22.3 Å². The van der Waals surface area contributed by atoms with Gasteiger partial charge in [0.05, 0.1) is 0 Å². The summed E-state index contributed by atoms with van der Waals surface area (Å²) in [6, 6.07) is 10.5. The fraction of sp³-hybridized carbons (Fsp3) is 0.231. The normalized spacial score (nSPS) is 11.5. The molecule has 0 aliphatic heterocycles. The van der Waals surface area contributed by atoms with Crippen molar-refractivity contribution in [2.24, 2.45) is 0 Å². The van der Waals surface area contributed by atoms with Crippen LogP contribution in [0, 0.1) is 0 Å². The maximum Gasteiger partial charge on any atom is 0.271 e. The van der Waals surface area contributed by atoms with E-state index in [-0.39, 0.29) is 0 Å². The van der Waals surface area contributed by atoms with E-state index in [2.05, 4.69) is 26.0 Å². The molecule has 0 saturated heterocycles. The van der Waals surface area contributed by atoms with Crippen molar-refractivity contribution in [2.75, 3.05) is 18.3 Å². The van der Waals surface area contributed by atoms with Crippen LogP contribution in [-0.2, 0) is 16.4 Å². The number of nitrogens with one attached hydrogen (secondary N) is 2. The van der Waals surface area contributed by atoms with Crippen LogP contribution < -0.4 is 10.0 Å². The van der Waals surface area contributed by atoms with Crippen molar-refractivity contribution >= 4 is 43.0 Å². The van der Waals surface area contributed by atoms with Gasteiger partial charge in [-0.3, -0.25) is 4.72 Å². The molecular weight excluding hydrogens is 360 g/mol. The summed E-state index contributed by atoms with van der Waals surface area (Å²) in [5, 5.41) is 3.05. The largest absolute Gasteiger partial charge is 0.319 e. The van der Waals surface area contributed by atoms with Gasteiger partial charge in [0, 0.05) is 15.0 Å². The highest BCUT2D eigenvalue weighted by molar-refractivity contribution is 9.10. The van der Waals surface area contributed by atoms with Gasteiger partial charge >= 0.3 is 0 Å². The Balaban J connectivity index is 2.13. The second-order valence-electron chi connectivity index (χ2n) is 4.19. The first-order valence-electron chi connectivity index (χ1n) is 6.03. The summed E-state index contributed by atoms with van der Waals surface area (Å²) in [5.74, 6) is 0. The van der Waals surface area contributed by atoms with E-state index >= 15 is 0 Å². The summed E-state index contributed by atoms with van der Waals surface area (Å²) in [6.07, 6.45) is 0.828. The highest BCUT2D eigenvalue weighted by Gasteiger charge is 2.16. The van der Waals surface area contributed by atoms with Crippen molar-refractivity contribution in [2.45, 2.75) is 10.6 Å². The minimum Gasteiger partial charge on any atom is -0.319 e. The van der Waals surface area contributed by atoms with Gasteiger partial charge in [-0.1, -0.05) is 15.9 Å². The molecule has 108 valence electrons. The topological polar surface area (TPSA) is 58.2 Å². The first-order valence-corrected chi connectivity index (χ1v) is 9.12. The molecule has 20 heavy (non-hydrogen) atoms. The van der Waals surface area contributed by atoms with E-state index in [1.165, 1.54) is 11.3 Å². The summed E-state index contributed by atoms with van der Waals surface area (Å²) < 4.78 is 28.3. The van der Waals surface area contributed by atoms with Crippen LogP contribution in [0.4, 0.5) is 5.69 Å². The van der Waals surface area contributed by atoms with Crippen molar-refractivity contribution in [3.05, 3.63) is 45.7 Å². The zero-order chi connectivity index (χ0) is 14.6. The molecule has 0 atom stereocenters. The predicted octanol–water partition coefficient (Wildman–Crippen LogP) is 3.07. The second-order valence-corrected chi connectivity index (χ2v) is 8.18. The van der Waals surface area contributed by atoms with Crippen LogP contribution >= 0.6 is 27.3 Å². The Morgan fingerprint density at radius 1 is 1.15 bits per heavy atom. The Hall–Kier alpha value is -0.890. The molecular formula is C13H15BrN2O2S2. The SMILES string of the molecule is CNCCc1ccc(S(=O)(=O)Nc2ccc(Br)cc2)s1. The zero-order valence-corrected chi connectivity index (χ0v) is 14.1. The van der Waals surface area contributed by atoms with Crippen LogP contribution in [0.15, 0.2) is 45.1 Å². The number of halogens is 1. The van der Waals surface area contributed by atoms with Gasteiger partial charge in [0.2, 0.25) is 0 Å². The minimum atomic E-state index is -3.50. The van der Waals surface area contributed by atoms with E-state index in [1.807, 2.05) is 13.1 Å². The third kappa shape index (κ3) is 4.05. The number of anilines is 1. The Morgan fingerprint density at radius 3 is 2.50 bits per heavy atom. The lowest BCUT2D eigenvalue weighted by atomic mass is 10.3. The molecule has 0 unspecified atom stereocenters. The molecule has 2 N–H and O–H groups in total. The van der Waals surface area contributed by atoms with Crippen molar-refractivity contribution in [3.8, 4) is 0 Å². The molecule has 0 saturated carbocycles. The standard InChI is InChI=1S/C13H15BrN2O2S2/c1-15-9-8-12-6-7-13(19-12)20(17,18)16-11-4-2-10(14)3-5-11/h2-7,15-16H,8-9H2,1H3. The highest BCUT2D eigenvalue weighted by atomic mass is 79.9. The molecule has 0 amide bonds. The van der Waals surface area contributed by atoms with E-state index in [9.17, 15) is 8.42 Å². The lowest BCUT2D eigenvalue weighted by molar-refractivity contribution is 0.603. The molecule has 0 aliphatic carbocycles. The summed E-state index contributed by atoms with van der Waals surface area (Å²) in [4.78, 5) is 1.05. The molecule has 0 fully saturated rings. The third-order valence-corrected chi connectivity index (χ3v) is 6.17. The second kappa shape index (κ2) is 6.71. The Morgan fingerprint density at radius 2 is 1.85 bits per heavy atom. The maximum atomic E-state index is 12.2. The molecule has 0 aliphatic rings. The summed E-state index contributed by atoms with van der Waals surface area (Å²) in [6.45, 7) is 0.833. The lowest BCUT2D eigenvalue weighted by Gasteiger charge is -2.06. The molecule has 4 nitrogen and oxygen atoms in total. The van der Waals surface area contributed by atoms with E-state index < -0.39 is 10.0 Å². The van der Waals surface area contributed by atoms with Gasteiger partial charge in [-0.2, -0.15) is 0 Å². The molecule has 1 heterocycles. The Bertz CT molecular complexity index is 666. The fourth-order valence-electron chi connectivity index (χ4n) is 1.61. The first-order chi connectivity index (χ1) is 9.51. The third-order valence-electron chi connectivity index (χ3n) is 2.62. The molecule has 2 rings (SSSR count). The average molecular weight is 375 g/mol. The van der Waals surface area contributed by atoms with Gasteiger partial charge in [0.25, 0.3) is 10.0 Å². The summed E-state index contributed by atoms with van der Waals surface area (Å²) in [5.41, 5.74) is 0.554. The quantitative estimate of drug-likeness (QED) is 0.816. The van der Waals surface area contributed by atoms with E-state index in [1.54, 1.807) is 30.3 Å².